The Bertz CT molecular complexity index is 476. The summed E-state index contributed by atoms with van der Waals surface area (Å²) in [6, 6.07) is 6.10. The molecule has 2 aliphatic rings. The number of hydrogen-bond acceptors (Lipinski definition) is 2. The average molecular weight is 297 g/mol. The molecular formula is C16H22ClFN2. The predicted molar refractivity (Wildman–Crippen MR) is 80.5 cm³/mol. The van der Waals surface area contributed by atoms with Gasteiger partial charge in [-0.3, -0.25) is 0 Å². The van der Waals surface area contributed by atoms with E-state index in [0.29, 0.717) is 0 Å². The van der Waals surface area contributed by atoms with E-state index in [1.165, 1.54) is 38.4 Å². The molecule has 2 atom stereocenters. The monoisotopic (exact) mass is 296 g/mol. The fourth-order valence-electron chi connectivity index (χ4n) is 3.04. The van der Waals surface area contributed by atoms with Gasteiger partial charge in [-0.25, -0.2) is 4.39 Å². The first kappa shape index (κ1) is 14.3. The molecule has 1 heterocycles. The first-order valence-corrected chi connectivity index (χ1v) is 7.93. The lowest BCUT2D eigenvalue weighted by Gasteiger charge is -2.19. The zero-order valence-electron chi connectivity index (χ0n) is 11.9. The highest BCUT2D eigenvalue weighted by molar-refractivity contribution is 6.30. The number of nitrogens with zero attached hydrogens (tertiary/aromatic N) is 1. The minimum absolute atomic E-state index is 0.164. The van der Waals surface area contributed by atoms with Crippen LogP contribution in [0.15, 0.2) is 18.2 Å². The molecule has 0 bridgehead atoms. The standard InChI is InChI=1S/C16H22ClFN2/c1-11(13-2-5-15(17)16(18)8-13)19-9-12-6-7-20(10-12)14-3-4-14/h2,5,8,11-12,14,19H,3-4,6-7,9-10H2,1H3. The lowest BCUT2D eigenvalue weighted by atomic mass is 10.1. The molecule has 2 unspecified atom stereocenters. The summed E-state index contributed by atoms with van der Waals surface area (Å²) in [5.41, 5.74) is 0.962. The van der Waals surface area contributed by atoms with Crippen molar-refractivity contribution in [2.24, 2.45) is 5.92 Å². The van der Waals surface area contributed by atoms with Gasteiger partial charge in [-0.15, -0.1) is 0 Å². The largest absolute Gasteiger partial charge is 0.310 e. The molecular weight excluding hydrogens is 275 g/mol. The number of hydrogen-bond donors (Lipinski definition) is 1. The van der Waals surface area contributed by atoms with Crippen LogP contribution in [0, 0.1) is 11.7 Å². The van der Waals surface area contributed by atoms with Crippen molar-refractivity contribution >= 4 is 11.6 Å². The van der Waals surface area contributed by atoms with Crippen LogP contribution in [0.3, 0.4) is 0 Å². The Morgan fingerprint density at radius 3 is 2.90 bits per heavy atom. The number of halogens is 2. The molecule has 0 spiro atoms. The van der Waals surface area contributed by atoms with Gasteiger partial charge in [0, 0.05) is 18.6 Å². The van der Waals surface area contributed by atoms with Gasteiger partial charge in [-0.05, 0) is 62.9 Å². The Morgan fingerprint density at radius 1 is 1.40 bits per heavy atom. The lowest BCUT2D eigenvalue weighted by molar-refractivity contribution is 0.310. The Morgan fingerprint density at radius 2 is 2.20 bits per heavy atom. The third kappa shape index (κ3) is 3.33. The van der Waals surface area contributed by atoms with Crippen LogP contribution < -0.4 is 5.32 Å². The molecule has 1 aliphatic heterocycles. The van der Waals surface area contributed by atoms with Gasteiger partial charge in [0.1, 0.15) is 5.82 Å². The van der Waals surface area contributed by atoms with Crippen LogP contribution in [0.4, 0.5) is 4.39 Å². The van der Waals surface area contributed by atoms with E-state index in [1.807, 2.05) is 6.07 Å². The molecule has 0 aromatic heterocycles. The summed E-state index contributed by atoms with van der Waals surface area (Å²) in [7, 11) is 0. The van der Waals surface area contributed by atoms with E-state index in [-0.39, 0.29) is 16.9 Å². The van der Waals surface area contributed by atoms with E-state index in [0.717, 1.165) is 24.1 Å². The number of likely N-dealkylation sites (tertiary alicyclic amines) is 1. The highest BCUT2D eigenvalue weighted by Gasteiger charge is 2.34. The molecule has 4 heteroatoms. The van der Waals surface area contributed by atoms with Crippen LogP contribution in [-0.2, 0) is 0 Å². The van der Waals surface area contributed by atoms with Crippen LogP contribution in [0.1, 0.15) is 37.8 Å². The van der Waals surface area contributed by atoms with Crippen molar-refractivity contribution in [3.63, 3.8) is 0 Å². The second-order valence-electron chi connectivity index (χ2n) is 6.18. The van der Waals surface area contributed by atoms with Gasteiger partial charge in [-0.2, -0.15) is 0 Å². The predicted octanol–water partition coefficient (Wildman–Crippen LogP) is 3.61. The smallest absolute Gasteiger partial charge is 0.142 e. The van der Waals surface area contributed by atoms with E-state index >= 15 is 0 Å². The Hall–Kier alpha value is -0.640. The average Bonchev–Trinajstić information content (AvgIpc) is 3.18. The fraction of sp³-hybridized carbons (Fsp3) is 0.625. The van der Waals surface area contributed by atoms with Gasteiger partial charge in [0.05, 0.1) is 5.02 Å². The van der Waals surface area contributed by atoms with Crippen molar-refractivity contribution in [1.82, 2.24) is 10.2 Å². The molecule has 1 aromatic carbocycles. The summed E-state index contributed by atoms with van der Waals surface area (Å²) in [6.07, 6.45) is 4.06. The molecule has 1 aromatic rings. The molecule has 110 valence electrons. The summed E-state index contributed by atoms with van der Waals surface area (Å²) >= 11 is 5.72. The lowest BCUT2D eigenvalue weighted by Crippen LogP contribution is -2.29. The second-order valence-corrected chi connectivity index (χ2v) is 6.59. The first-order chi connectivity index (χ1) is 9.63. The molecule has 2 fully saturated rings. The third-order valence-electron chi connectivity index (χ3n) is 4.54. The van der Waals surface area contributed by atoms with Crippen molar-refractivity contribution in [1.29, 1.82) is 0 Å². The summed E-state index contributed by atoms with van der Waals surface area (Å²) < 4.78 is 13.5. The van der Waals surface area contributed by atoms with Gasteiger partial charge < -0.3 is 10.2 Å². The van der Waals surface area contributed by atoms with Crippen molar-refractivity contribution < 1.29 is 4.39 Å². The summed E-state index contributed by atoms with van der Waals surface area (Å²) in [5, 5.41) is 3.72. The van der Waals surface area contributed by atoms with E-state index in [2.05, 4.69) is 17.1 Å². The SMILES string of the molecule is CC(NCC1CCN(C2CC2)C1)c1ccc(Cl)c(F)c1. The van der Waals surface area contributed by atoms with Crippen LogP contribution in [0.5, 0.6) is 0 Å². The van der Waals surface area contributed by atoms with Gasteiger partial charge in [0.25, 0.3) is 0 Å². The third-order valence-corrected chi connectivity index (χ3v) is 4.84. The van der Waals surface area contributed by atoms with Gasteiger partial charge in [0.2, 0.25) is 0 Å². The highest BCUT2D eigenvalue weighted by atomic mass is 35.5. The summed E-state index contributed by atoms with van der Waals surface area (Å²) in [5.74, 6) is 0.397. The van der Waals surface area contributed by atoms with Gasteiger partial charge >= 0.3 is 0 Å². The van der Waals surface area contributed by atoms with Crippen molar-refractivity contribution in [2.45, 2.75) is 38.3 Å². The van der Waals surface area contributed by atoms with E-state index < -0.39 is 0 Å². The number of nitrogens with one attached hydrogen (secondary N) is 1. The molecule has 3 rings (SSSR count). The highest BCUT2D eigenvalue weighted by Crippen LogP contribution is 2.31. The summed E-state index contributed by atoms with van der Waals surface area (Å²) in [6.45, 7) is 5.56. The molecule has 0 radical (unpaired) electrons. The Balaban J connectivity index is 1.49. The van der Waals surface area contributed by atoms with Crippen molar-refractivity contribution in [2.75, 3.05) is 19.6 Å². The van der Waals surface area contributed by atoms with Gasteiger partial charge in [-0.1, -0.05) is 17.7 Å². The number of rotatable bonds is 5. The van der Waals surface area contributed by atoms with Crippen molar-refractivity contribution in [3.8, 4) is 0 Å². The van der Waals surface area contributed by atoms with Crippen LogP contribution in [0.25, 0.3) is 0 Å². The van der Waals surface area contributed by atoms with Crippen LogP contribution in [-0.4, -0.2) is 30.6 Å². The molecule has 1 N–H and O–H groups in total. The first-order valence-electron chi connectivity index (χ1n) is 7.56. The maximum atomic E-state index is 13.5. The fourth-order valence-corrected chi connectivity index (χ4v) is 3.16. The topological polar surface area (TPSA) is 15.3 Å². The molecule has 1 saturated heterocycles. The molecule has 1 aliphatic carbocycles. The molecule has 2 nitrogen and oxygen atoms in total. The van der Waals surface area contributed by atoms with E-state index in [1.54, 1.807) is 6.07 Å². The van der Waals surface area contributed by atoms with Crippen LogP contribution in [0.2, 0.25) is 5.02 Å². The number of benzene rings is 1. The van der Waals surface area contributed by atoms with E-state index in [9.17, 15) is 4.39 Å². The minimum atomic E-state index is -0.335. The Labute approximate surface area is 125 Å². The molecule has 0 amide bonds. The molecule has 1 saturated carbocycles. The zero-order chi connectivity index (χ0) is 14.1. The van der Waals surface area contributed by atoms with E-state index in [4.69, 9.17) is 11.6 Å². The molecule has 20 heavy (non-hydrogen) atoms. The quantitative estimate of drug-likeness (QED) is 0.893. The maximum absolute atomic E-state index is 13.5. The van der Waals surface area contributed by atoms with Crippen molar-refractivity contribution in [3.05, 3.63) is 34.6 Å². The zero-order valence-corrected chi connectivity index (χ0v) is 12.7. The second kappa shape index (κ2) is 6.00. The maximum Gasteiger partial charge on any atom is 0.142 e. The minimum Gasteiger partial charge on any atom is -0.310 e. The van der Waals surface area contributed by atoms with Crippen LogP contribution >= 0.6 is 11.6 Å². The Kier molecular flexibility index (Phi) is 4.29. The van der Waals surface area contributed by atoms with Gasteiger partial charge in [0.15, 0.2) is 0 Å². The summed E-state index contributed by atoms with van der Waals surface area (Å²) in [4.78, 5) is 2.62. The normalized spacial score (nSPS) is 25.1.